The summed E-state index contributed by atoms with van der Waals surface area (Å²) in [5, 5.41) is 3.03. The van der Waals surface area contributed by atoms with Crippen LogP contribution >= 0.6 is 11.3 Å². The van der Waals surface area contributed by atoms with Gasteiger partial charge in [0.05, 0.1) is 11.0 Å². The van der Waals surface area contributed by atoms with E-state index in [1.165, 1.54) is 0 Å². The Morgan fingerprint density at radius 2 is 2.14 bits per heavy atom. The second-order valence-electron chi connectivity index (χ2n) is 3.09. The lowest BCUT2D eigenvalue weighted by Gasteiger charge is -2.19. The molecule has 0 saturated carbocycles. The van der Waals surface area contributed by atoms with Gasteiger partial charge < -0.3 is 15.2 Å². The summed E-state index contributed by atoms with van der Waals surface area (Å²) in [6, 6.07) is -0.171. The van der Waals surface area contributed by atoms with E-state index in [9.17, 15) is 0 Å². The van der Waals surface area contributed by atoms with Crippen LogP contribution in [-0.2, 0) is 15.9 Å². The minimum atomic E-state index is -0.362. The van der Waals surface area contributed by atoms with Gasteiger partial charge in [0.1, 0.15) is 0 Å². The van der Waals surface area contributed by atoms with Crippen molar-refractivity contribution in [2.75, 3.05) is 14.2 Å². The first-order valence-electron chi connectivity index (χ1n) is 4.39. The van der Waals surface area contributed by atoms with Crippen LogP contribution in [0.15, 0.2) is 5.38 Å². The molecule has 1 unspecified atom stereocenters. The maximum atomic E-state index is 5.90. The van der Waals surface area contributed by atoms with Crippen molar-refractivity contribution >= 4 is 11.3 Å². The van der Waals surface area contributed by atoms with Gasteiger partial charge in [0.2, 0.25) is 0 Å². The number of aromatic nitrogens is 1. The lowest BCUT2D eigenvalue weighted by atomic mass is 10.2. The molecule has 2 N–H and O–H groups in total. The Balaban J connectivity index is 2.51. The first kappa shape index (κ1) is 11.6. The van der Waals surface area contributed by atoms with Crippen molar-refractivity contribution in [1.82, 2.24) is 4.98 Å². The first-order chi connectivity index (χ1) is 6.67. The average molecular weight is 216 g/mol. The van der Waals surface area contributed by atoms with E-state index < -0.39 is 0 Å². The van der Waals surface area contributed by atoms with Crippen LogP contribution in [0.5, 0.6) is 0 Å². The minimum Gasteiger partial charge on any atom is -0.354 e. The van der Waals surface area contributed by atoms with Crippen molar-refractivity contribution in [3.8, 4) is 0 Å². The minimum absolute atomic E-state index is 0.171. The van der Waals surface area contributed by atoms with Gasteiger partial charge in [-0.15, -0.1) is 11.3 Å². The van der Waals surface area contributed by atoms with Crippen LogP contribution < -0.4 is 5.73 Å². The number of nitrogens with zero attached hydrogens (tertiary/aromatic N) is 1. The molecular formula is C9H16N2O2S. The number of nitrogens with two attached hydrogens (primary N) is 1. The zero-order valence-electron chi connectivity index (χ0n) is 8.69. The highest BCUT2D eigenvalue weighted by Gasteiger charge is 2.17. The summed E-state index contributed by atoms with van der Waals surface area (Å²) in [5.74, 6) is 0. The molecular weight excluding hydrogens is 200 g/mol. The third-order valence-electron chi connectivity index (χ3n) is 1.89. The molecule has 1 rings (SSSR count). The fourth-order valence-electron chi connectivity index (χ4n) is 1.24. The Bertz CT molecular complexity index is 274. The van der Waals surface area contributed by atoms with Crippen LogP contribution in [0.4, 0.5) is 0 Å². The molecule has 4 nitrogen and oxygen atoms in total. The number of methoxy groups -OCH3 is 2. The number of thiazole rings is 1. The van der Waals surface area contributed by atoms with Gasteiger partial charge in [-0.1, -0.05) is 0 Å². The van der Waals surface area contributed by atoms with Crippen LogP contribution in [0, 0.1) is 6.92 Å². The molecule has 0 aliphatic carbocycles. The highest BCUT2D eigenvalue weighted by Crippen LogP contribution is 2.12. The number of ether oxygens (including phenoxy) is 2. The van der Waals surface area contributed by atoms with Crippen LogP contribution in [-0.4, -0.2) is 31.5 Å². The van der Waals surface area contributed by atoms with Crippen molar-refractivity contribution in [3.63, 3.8) is 0 Å². The molecule has 0 fully saturated rings. The molecule has 80 valence electrons. The monoisotopic (exact) mass is 216 g/mol. The molecule has 0 amide bonds. The molecule has 0 saturated heterocycles. The third-order valence-corrected chi connectivity index (χ3v) is 2.88. The van der Waals surface area contributed by atoms with Gasteiger partial charge in [-0.2, -0.15) is 0 Å². The second-order valence-corrected chi connectivity index (χ2v) is 4.03. The molecule has 1 aromatic rings. The van der Waals surface area contributed by atoms with E-state index in [4.69, 9.17) is 15.2 Å². The SMILES string of the molecule is COC(OC)C(N)Cc1nc(C)cs1. The Labute approximate surface area is 88.0 Å². The predicted molar refractivity (Wildman–Crippen MR) is 56.3 cm³/mol. The molecule has 0 aliphatic rings. The Morgan fingerprint density at radius 1 is 1.50 bits per heavy atom. The van der Waals surface area contributed by atoms with Crippen molar-refractivity contribution < 1.29 is 9.47 Å². The van der Waals surface area contributed by atoms with Gasteiger partial charge >= 0.3 is 0 Å². The molecule has 1 heterocycles. The van der Waals surface area contributed by atoms with Crippen LogP contribution in [0.1, 0.15) is 10.7 Å². The van der Waals surface area contributed by atoms with E-state index in [0.29, 0.717) is 6.42 Å². The zero-order chi connectivity index (χ0) is 10.6. The van der Waals surface area contributed by atoms with E-state index >= 15 is 0 Å². The highest BCUT2D eigenvalue weighted by molar-refractivity contribution is 7.09. The van der Waals surface area contributed by atoms with Gasteiger partial charge in [-0.25, -0.2) is 4.98 Å². The second kappa shape index (κ2) is 5.41. The van der Waals surface area contributed by atoms with Crippen LogP contribution in [0.2, 0.25) is 0 Å². The normalized spacial score (nSPS) is 13.5. The molecule has 0 aliphatic heterocycles. The fraction of sp³-hybridized carbons (Fsp3) is 0.667. The largest absolute Gasteiger partial charge is 0.354 e. The summed E-state index contributed by atoms with van der Waals surface area (Å²) in [5.41, 5.74) is 6.93. The summed E-state index contributed by atoms with van der Waals surface area (Å²) in [7, 11) is 3.17. The van der Waals surface area contributed by atoms with Gasteiger partial charge in [-0.3, -0.25) is 0 Å². The Hall–Kier alpha value is -0.490. The quantitative estimate of drug-likeness (QED) is 0.744. The molecule has 0 aromatic carbocycles. The summed E-state index contributed by atoms with van der Waals surface area (Å²) >= 11 is 1.61. The number of aryl methyl sites for hydroxylation is 1. The van der Waals surface area contributed by atoms with Gasteiger partial charge in [0, 0.05) is 31.7 Å². The van der Waals surface area contributed by atoms with Crippen molar-refractivity contribution in [2.24, 2.45) is 5.73 Å². The van der Waals surface area contributed by atoms with Gasteiger partial charge in [0.25, 0.3) is 0 Å². The van der Waals surface area contributed by atoms with Gasteiger partial charge in [0.15, 0.2) is 6.29 Å². The van der Waals surface area contributed by atoms with Crippen molar-refractivity contribution in [1.29, 1.82) is 0 Å². The number of rotatable bonds is 5. The topological polar surface area (TPSA) is 57.4 Å². The number of hydrogen-bond donors (Lipinski definition) is 1. The summed E-state index contributed by atoms with van der Waals surface area (Å²) in [4.78, 5) is 4.33. The Morgan fingerprint density at radius 3 is 2.57 bits per heavy atom. The third kappa shape index (κ3) is 3.02. The summed E-state index contributed by atoms with van der Waals surface area (Å²) in [6.07, 6.45) is 0.324. The lowest BCUT2D eigenvalue weighted by Crippen LogP contribution is -2.39. The molecule has 5 heteroatoms. The molecule has 0 bridgehead atoms. The smallest absolute Gasteiger partial charge is 0.172 e. The van der Waals surface area contributed by atoms with Crippen LogP contribution in [0.3, 0.4) is 0 Å². The standard InChI is InChI=1S/C9H16N2O2S/c1-6-5-14-8(11-6)4-7(10)9(12-2)13-3/h5,7,9H,4,10H2,1-3H3. The molecule has 0 radical (unpaired) electrons. The van der Waals surface area contributed by atoms with E-state index in [-0.39, 0.29) is 12.3 Å². The molecule has 1 aromatic heterocycles. The molecule has 14 heavy (non-hydrogen) atoms. The van der Waals surface area contributed by atoms with Crippen LogP contribution in [0.25, 0.3) is 0 Å². The predicted octanol–water partition coefficient (Wildman–Crippen LogP) is 0.940. The van der Waals surface area contributed by atoms with E-state index in [0.717, 1.165) is 10.7 Å². The van der Waals surface area contributed by atoms with Gasteiger partial charge in [-0.05, 0) is 6.92 Å². The summed E-state index contributed by atoms with van der Waals surface area (Å²) in [6.45, 7) is 1.97. The zero-order valence-corrected chi connectivity index (χ0v) is 9.50. The van der Waals surface area contributed by atoms with E-state index in [2.05, 4.69) is 4.98 Å². The Kier molecular flexibility index (Phi) is 4.47. The maximum absolute atomic E-state index is 5.90. The maximum Gasteiger partial charge on any atom is 0.172 e. The van der Waals surface area contributed by atoms with E-state index in [1.807, 2.05) is 12.3 Å². The summed E-state index contributed by atoms with van der Waals surface area (Å²) < 4.78 is 10.1. The van der Waals surface area contributed by atoms with E-state index in [1.54, 1.807) is 25.6 Å². The number of hydrogen-bond acceptors (Lipinski definition) is 5. The van der Waals surface area contributed by atoms with Crippen molar-refractivity contribution in [2.45, 2.75) is 25.7 Å². The average Bonchev–Trinajstić information content (AvgIpc) is 2.53. The molecule has 1 atom stereocenters. The lowest BCUT2D eigenvalue weighted by molar-refractivity contribution is -0.115. The first-order valence-corrected chi connectivity index (χ1v) is 5.27. The highest BCUT2D eigenvalue weighted by atomic mass is 32.1. The van der Waals surface area contributed by atoms with Crippen molar-refractivity contribution in [3.05, 3.63) is 16.1 Å². The molecule has 0 spiro atoms. The fourth-order valence-corrected chi connectivity index (χ4v) is 2.08.